The first kappa shape index (κ1) is 27.3. The van der Waals surface area contributed by atoms with Gasteiger partial charge in [-0.15, -0.1) is 10.9 Å². The van der Waals surface area contributed by atoms with Crippen molar-refractivity contribution in [1.82, 2.24) is 24.6 Å². The van der Waals surface area contributed by atoms with E-state index in [1.807, 2.05) is 5.92 Å². The zero-order valence-corrected chi connectivity index (χ0v) is 20.2. The van der Waals surface area contributed by atoms with Crippen LogP contribution in [0, 0.1) is 12.3 Å². The molecule has 186 valence electrons. The van der Waals surface area contributed by atoms with E-state index in [1.54, 1.807) is 20.9 Å². The smallest absolute Gasteiger partial charge is 0.462 e. The van der Waals surface area contributed by atoms with Gasteiger partial charge >= 0.3 is 14.1 Å². The lowest BCUT2D eigenvalue weighted by Crippen LogP contribution is -2.49. The predicted molar refractivity (Wildman–Crippen MR) is 121 cm³/mol. The average molecular weight is 500 g/mol. The lowest BCUT2D eigenvalue weighted by molar-refractivity contribution is -0.149. The second kappa shape index (κ2) is 11.5. The summed E-state index contributed by atoms with van der Waals surface area (Å²) >= 11 is 0. The summed E-state index contributed by atoms with van der Waals surface area (Å²) in [6.07, 6.45) is 2.75. The zero-order valence-electron chi connectivity index (χ0n) is 19.4. The number of nitrogen functional groups attached to an aromatic ring is 1. The Labute approximate surface area is 196 Å². The maximum Gasteiger partial charge on any atom is 0.613 e. The highest BCUT2D eigenvalue weighted by Gasteiger charge is 2.46. The van der Waals surface area contributed by atoms with Crippen molar-refractivity contribution in [3.05, 3.63) is 6.33 Å². The highest BCUT2D eigenvalue weighted by atomic mass is 31.1. The predicted octanol–water partition coefficient (Wildman–Crippen LogP) is 0.685. The maximum atomic E-state index is 16.0. The number of aliphatic hydroxyl groups is 1. The van der Waals surface area contributed by atoms with Gasteiger partial charge in [0, 0.05) is 14.2 Å². The van der Waals surface area contributed by atoms with Crippen molar-refractivity contribution in [3.63, 3.8) is 0 Å². The number of halogens is 1. The summed E-state index contributed by atoms with van der Waals surface area (Å²) in [6.45, 7) is 4.24. The van der Waals surface area contributed by atoms with E-state index in [2.05, 4.69) is 25.4 Å². The highest BCUT2D eigenvalue weighted by Crippen LogP contribution is 2.32. The minimum absolute atomic E-state index is 0.0719. The number of fused-ring (bicyclic) bond motifs is 1. The van der Waals surface area contributed by atoms with Crippen molar-refractivity contribution >= 4 is 37.1 Å². The molecule has 5 atom stereocenters. The molecule has 15 heteroatoms. The molecule has 2 unspecified atom stereocenters. The Hall–Kier alpha value is -2.95. The molecule has 0 aromatic carbocycles. The van der Waals surface area contributed by atoms with Gasteiger partial charge in [-0.1, -0.05) is 5.09 Å². The van der Waals surface area contributed by atoms with E-state index in [4.69, 9.17) is 26.2 Å². The fourth-order valence-corrected chi connectivity index (χ4v) is 3.66. The summed E-state index contributed by atoms with van der Waals surface area (Å²) < 4.78 is 44.3. The first-order valence-corrected chi connectivity index (χ1v) is 11.3. The van der Waals surface area contributed by atoms with E-state index < -0.39 is 44.8 Å². The molecule has 2 heterocycles. The lowest BCUT2D eigenvalue weighted by atomic mass is 10.0. The number of imidazole rings is 1. The van der Waals surface area contributed by atoms with Crippen LogP contribution in [0.5, 0.6) is 0 Å². The van der Waals surface area contributed by atoms with Crippen LogP contribution in [0.4, 0.5) is 16.2 Å². The maximum absolute atomic E-state index is 16.0. The van der Waals surface area contributed by atoms with Crippen molar-refractivity contribution in [2.45, 2.75) is 50.9 Å². The van der Waals surface area contributed by atoms with Crippen LogP contribution in [0.15, 0.2) is 6.33 Å². The average Bonchev–Trinajstić information content (AvgIpc) is 3.21. The van der Waals surface area contributed by atoms with E-state index in [1.165, 1.54) is 14.0 Å². The van der Waals surface area contributed by atoms with Crippen molar-refractivity contribution in [3.8, 4) is 12.3 Å². The quantitative estimate of drug-likeness (QED) is 0.182. The number of anilines is 2. The van der Waals surface area contributed by atoms with E-state index in [-0.39, 0.29) is 29.0 Å². The number of terminal acetylenes is 1. The summed E-state index contributed by atoms with van der Waals surface area (Å²) in [7, 11) is 0.153. The third kappa shape index (κ3) is 5.94. The first-order chi connectivity index (χ1) is 16.0. The number of methoxy groups -OCH3 is 1. The van der Waals surface area contributed by atoms with Gasteiger partial charge < -0.3 is 25.6 Å². The van der Waals surface area contributed by atoms with Crippen molar-refractivity contribution in [1.29, 1.82) is 0 Å². The number of hydrogen-bond donors (Lipinski definition) is 4. The number of nitrogens with two attached hydrogens (primary N) is 1. The fourth-order valence-electron chi connectivity index (χ4n) is 2.88. The lowest BCUT2D eigenvalue weighted by Gasteiger charge is -2.30. The molecule has 0 aliphatic carbocycles. The molecule has 5 N–H and O–H groups in total. The number of aromatic nitrogens is 4. The van der Waals surface area contributed by atoms with Crippen molar-refractivity contribution in [2.75, 3.05) is 31.8 Å². The van der Waals surface area contributed by atoms with Crippen LogP contribution in [0.3, 0.4) is 0 Å². The number of carbonyl (C=O) groups excluding carboxylic acids is 1. The van der Waals surface area contributed by atoms with Gasteiger partial charge in [0.25, 0.3) is 5.79 Å². The van der Waals surface area contributed by atoms with Crippen LogP contribution < -0.4 is 16.1 Å². The summed E-state index contributed by atoms with van der Waals surface area (Å²) in [4.78, 5) is 23.8. The summed E-state index contributed by atoms with van der Waals surface area (Å²) in [6, 6.07) is -0.938. The number of aliphatic hydroxyl groups excluding tert-OH is 1. The molecule has 34 heavy (non-hydrogen) atoms. The molecule has 0 spiro atoms. The Morgan fingerprint density at radius 2 is 2.12 bits per heavy atom. The van der Waals surface area contributed by atoms with Gasteiger partial charge in [-0.05, 0) is 31.3 Å². The first-order valence-electron chi connectivity index (χ1n) is 10.1. The molecular formula is C19H28FN7O6P+. The molecular weight excluding hydrogens is 472 g/mol. The number of rotatable bonds is 12. The SMILES string of the molecule is C#C[C@@](F)([C@H](O)C(CO[P+](=O)N[C@@H](C)C(=O)OC(C)C)OC)n1cnc2c(NC)nc(N)nc21. The molecule has 0 saturated heterocycles. The summed E-state index contributed by atoms with van der Waals surface area (Å²) in [5, 5.41) is 16.0. The molecule has 0 bridgehead atoms. The molecule has 0 radical (unpaired) electrons. The molecule has 0 aliphatic rings. The van der Waals surface area contributed by atoms with Gasteiger partial charge in [-0.3, -0.25) is 9.36 Å². The monoisotopic (exact) mass is 500 g/mol. The Balaban J connectivity index is 2.19. The van der Waals surface area contributed by atoms with E-state index in [0.29, 0.717) is 0 Å². The zero-order chi connectivity index (χ0) is 25.6. The minimum atomic E-state index is -2.90. The van der Waals surface area contributed by atoms with Crippen molar-refractivity contribution in [2.24, 2.45) is 0 Å². The van der Waals surface area contributed by atoms with Gasteiger partial charge in [-0.2, -0.15) is 9.97 Å². The number of nitrogens with one attached hydrogen (secondary N) is 2. The third-order valence-electron chi connectivity index (χ3n) is 4.61. The van der Waals surface area contributed by atoms with Crippen LogP contribution in [-0.4, -0.2) is 75.7 Å². The van der Waals surface area contributed by atoms with Gasteiger partial charge in [0.1, 0.15) is 31.2 Å². The van der Waals surface area contributed by atoms with E-state index in [0.717, 1.165) is 10.9 Å². The Kier molecular flexibility index (Phi) is 9.20. The molecule has 13 nitrogen and oxygen atoms in total. The number of hydrogen-bond acceptors (Lipinski definition) is 11. The van der Waals surface area contributed by atoms with Gasteiger partial charge in [0.05, 0.1) is 6.10 Å². The van der Waals surface area contributed by atoms with E-state index in [9.17, 15) is 14.5 Å². The molecule has 0 saturated carbocycles. The molecule has 0 aliphatic heterocycles. The molecule has 0 amide bonds. The van der Waals surface area contributed by atoms with Gasteiger partial charge in [0.15, 0.2) is 17.0 Å². The summed E-state index contributed by atoms with van der Waals surface area (Å²) in [5.41, 5.74) is 5.78. The standard InChI is InChI=1S/C19H28FN7O6P/c1-7-19(20,27-9-23-13-15(22-5)24-18(21)25-16(13)27)14(28)12(31-6)8-32-34(30)26-11(4)17(29)33-10(2)3/h1,9-12,14,28H,8H2,2-6H3,(H,26,30)(H3,21,22,24,25)/q+1/t11-,12?,14+,19-/m0/s1. The number of carbonyl (C=O) groups is 1. The summed E-state index contributed by atoms with van der Waals surface area (Å²) in [5.74, 6) is -1.58. The van der Waals surface area contributed by atoms with E-state index >= 15 is 4.39 Å². The molecule has 0 fully saturated rings. The third-order valence-corrected chi connectivity index (χ3v) is 5.59. The number of nitrogens with zero attached hydrogens (tertiary/aromatic N) is 4. The van der Waals surface area contributed by atoms with Crippen molar-refractivity contribution < 1.29 is 32.9 Å². The topological polar surface area (TPSA) is 176 Å². The Morgan fingerprint density at radius 1 is 1.44 bits per heavy atom. The Morgan fingerprint density at radius 3 is 2.68 bits per heavy atom. The largest absolute Gasteiger partial charge is 0.613 e. The number of alkyl halides is 1. The molecule has 2 rings (SSSR count). The van der Waals surface area contributed by atoms with Crippen LogP contribution >= 0.6 is 8.18 Å². The van der Waals surface area contributed by atoms with Crippen LogP contribution in [-0.2, 0) is 29.1 Å². The molecule has 2 aromatic rings. The normalized spacial score (nSPS) is 16.4. The van der Waals surface area contributed by atoms with Crippen LogP contribution in [0.1, 0.15) is 20.8 Å². The second-order valence-corrected chi connectivity index (χ2v) is 8.42. The van der Waals surface area contributed by atoms with Crippen LogP contribution in [0.2, 0.25) is 0 Å². The fraction of sp³-hybridized carbons (Fsp3) is 0.579. The Bertz CT molecular complexity index is 1080. The van der Waals surface area contributed by atoms with Gasteiger partial charge in [-0.25, -0.2) is 9.37 Å². The number of ether oxygens (including phenoxy) is 2. The van der Waals surface area contributed by atoms with Crippen LogP contribution in [0.25, 0.3) is 11.2 Å². The minimum Gasteiger partial charge on any atom is -0.462 e. The molecule has 2 aromatic heterocycles. The van der Waals surface area contributed by atoms with Gasteiger partial charge in [0.2, 0.25) is 5.95 Å². The highest BCUT2D eigenvalue weighted by molar-refractivity contribution is 7.36. The second-order valence-electron chi connectivity index (χ2n) is 7.39. The number of esters is 1.